The van der Waals surface area contributed by atoms with E-state index in [1.54, 1.807) is 6.92 Å². The molecule has 11 heteroatoms. The van der Waals surface area contributed by atoms with E-state index in [0.29, 0.717) is 19.0 Å². The number of carbonyl (C=O) groups excluding carboxylic acids is 1. The normalized spacial score (nSPS) is 15.2. The quantitative estimate of drug-likeness (QED) is 0.755. The summed E-state index contributed by atoms with van der Waals surface area (Å²) < 4.78 is 48.0. The number of anilines is 1. The molecule has 1 saturated heterocycles. The second kappa shape index (κ2) is 8.17. The lowest BCUT2D eigenvalue weighted by Crippen LogP contribution is -2.40. The molecular formula is C17H21N3O7S. The molecule has 1 aliphatic heterocycles. The molecule has 3 rings (SSSR count). The van der Waals surface area contributed by atoms with Crippen LogP contribution >= 0.6 is 0 Å². The minimum Gasteiger partial charge on any atom is -0.493 e. The minimum atomic E-state index is -3.84. The number of carbonyl (C=O) groups is 1. The lowest BCUT2D eigenvalue weighted by atomic mass is 10.1. The maximum atomic E-state index is 13.0. The first kappa shape index (κ1) is 20.1. The number of nitrogens with one attached hydrogen (secondary N) is 1. The monoisotopic (exact) mass is 411 g/mol. The number of ether oxygens (including phenoxy) is 3. The number of sulfonamides is 1. The van der Waals surface area contributed by atoms with E-state index in [4.69, 9.17) is 18.7 Å². The Balaban J connectivity index is 2.03. The maximum Gasteiger partial charge on any atom is 0.260 e. The lowest BCUT2D eigenvalue weighted by molar-refractivity contribution is 0.0730. The fourth-order valence-electron chi connectivity index (χ4n) is 2.80. The van der Waals surface area contributed by atoms with Crippen LogP contribution in [0.25, 0.3) is 0 Å². The number of aryl methyl sites for hydroxylation is 1. The Morgan fingerprint density at radius 2 is 1.89 bits per heavy atom. The highest BCUT2D eigenvalue weighted by atomic mass is 32.2. The van der Waals surface area contributed by atoms with Gasteiger partial charge < -0.3 is 24.1 Å². The van der Waals surface area contributed by atoms with E-state index >= 15 is 0 Å². The SMILES string of the molecule is COc1cc(S(=O)(=O)N2CCOCC2)cc(C(=O)Nc2cc(C)on2)c1OC. The summed E-state index contributed by atoms with van der Waals surface area (Å²) in [6.07, 6.45) is 0. The highest BCUT2D eigenvalue weighted by molar-refractivity contribution is 7.89. The van der Waals surface area contributed by atoms with Crippen molar-refractivity contribution in [2.24, 2.45) is 0 Å². The van der Waals surface area contributed by atoms with E-state index in [9.17, 15) is 13.2 Å². The summed E-state index contributed by atoms with van der Waals surface area (Å²) in [5.74, 6) is 0.343. The summed E-state index contributed by atoms with van der Waals surface area (Å²) in [6, 6.07) is 4.13. The smallest absolute Gasteiger partial charge is 0.260 e. The maximum absolute atomic E-state index is 13.0. The molecule has 0 unspecified atom stereocenters. The van der Waals surface area contributed by atoms with Gasteiger partial charge in [-0.25, -0.2) is 8.42 Å². The molecule has 1 aromatic heterocycles. The third-order valence-electron chi connectivity index (χ3n) is 4.17. The topological polar surface area (TPSA) is 120 Å². The molecule has 0 aliphatic carbocycles. The number of aromatic nitrogens is 1. The molecule has 2 aromatic rings. The van der Waals surface area contributed by atoms with Crippen molar-refractivity contribution in [3.63, 3.8) is 0 Å². The van der Waals surface area contributed by atoms with Gasteiger partial charge in [-0.05, 0) is 13.0 Å². The average Bonchev–Trinajstić information content (AvgIpc) is 3.11. The largest absolute Gasteiger partial charge is 0.493 e. The summed E-state index contributed by atoms with van der Waals surface area (Å²) in [7, 11) is -1.11. The van der Waals surface area contributed by atoms with Gasteiger partial charge in [-0.15, -0.1) is 0 Å². The lowest BCUT2D eigenvalue weighted by Gasteiger charge is -2.26. The third kappa shape index (κ3) is 3.96. The van der Waals surface area contributed by atoms with Crippen LogP contribution in [-0.2, 0) is 14.8 Å². The van der Waals surface area contributed by atoms with Crippen molar-refractivity contribution in [1.29, 1.82) is 0 Å². The van der Waals surface area contributed by atoms with Crippen LogP contribution in [0.15, 0.2) is 27.6 Å². The van der Waals surface area contributed by atoms with Crippen molar-refractivity contribution in [3.8, 4) is 11.5 Å². The van der Waals surface area contributed by atoms with Gasteiger partial charge in [0.25, 0.3) is 5.91 Å². The van der Waals surface area contributed by atoms with E-state index in [1.165, 1.54) is 36.7 Å². The van der Waals surface area contributed by atoms with Gasteiger partial charge in [-0.3, -0.25) is 4.79 Å². The second-order valence-corrected chi connectivity index (χ2v) is 7.94. The molecule has 1 N–H and O–H groups in total. The number of methoxy groups -OCH3 is 2. The van der Waals surface area contributed by atoms with E-state index in [2.05, 4.69) is 10.5 Å². The van der Waals surface area contributed by atoms with Crippen molar-refractivity contribution in [2.45, 2.75) is 11.8 Å². The molecule has 0 atom stereocenters. The summed E-state index contributed by atoms with van der Waals surface area (Å²) in [5.41, 5.74) is -0.00524. The number of hydrogen-bond donors (Lipinski definition) is 1. The first-order valence-corrected chi connectivity index (χ1v) is 9.89. The molecule has 0 bridgehead atoms. The molecule has 0 saturated carbocycles. The van der Waals surface area contributed by atoms with Crippen LogP contribution in [0.1, 0.15) is 16.1 Å². The van der Waals surface area contributed by atoms with Gasteiger partial charge in [0.1, 0.15) is 5.76 Å². The number of hydrogen-bond acceptors (Lipinski definition) is 8. The second-order valence-electron chi connectivity index (χ2n) is 6.00. The average molecular weight is 411 g/mol. The predicted octanol–water partition coefficient (Wildman–Crippen LogP) is 1.27. The Hall–Kier alpha value is -2.63. The number of amides is 1. The summed E-state index contributed by atoms with van der Waals surface area (Å²) >= 11 is 0. The van der Waals surface area contributed by atoms with Crippen LogP contribution < -0.4 is 14.8 Å². The van der Waals surface area contributed by atoms with Gasteiger partial charge in [-0.1, -0.05) is 5.16 Å². The molecule has 0 spiro atoms. The molecule has 1 aromatic carbocycles. The Kier molecular flexibility index (Phi) is 5.87. The summed E-state index contributed by atoms with van der Waals surface area (Å²) in [5, 5.41) is 6.26. The van der Waals surface area contributed by atoms with E-state index in [1.807, 2.05) is 0 Å². The van der Waals surface area contributed by atoms with E-state index in [-0.39, 0.29) is 40.9 Å². The van der Waals surface area contributed by atoms with Gasteiger partial charge in [0.05, 0.1) is 37.9 Å². The zero-order valence-electron chi connectivity index (χ0n) is 15.7. The third-order valence-corrected chi connectivity index (χ3v) is 6.05. The highest BCUT2D eigenvalue weighted by Crippen LogP contribution is 2.35. The van der Waals surface area contributed by atoms with Crippen molar-refractivity contribution < 1.29 is 31.9 Å². The highest BCUT2D eigenvalue weighted by Gasteiger charge is 2.30. The summed E-state index contributed by atoms with van der Waals surface area (Å²) in [6.45, 7) is 2.77. The summed E-state index contributed by atoms with van der Waals surface area (Å²) in [4.78, 5) is 12.7. The fraction of sp³-hybridized carbons (Fsp3) is 0.412. The van der Waals surface area contributed by atoms with Gasteiger partial charge in [-0.2, -0.15) is 4.31 Å². The van der Waals surface area contributed by atoms with Gasteiger partial charge in [0.2, 0.25) is 10.0 Å². The zero-order valence-corrected chi connectivity index (χ0v) is 16.5. The van der Waals surface area contributed by atoms with Crippen molar-refractivity contribution >= 4 is 21.7 Å². The van der Waals surface area contributed by atoms with E-state index < -0.39 is 15.9 Å². The van der Waals surface area contributed by atoms with Crippen LogP contribution in [0.5, 0.6) is 11.5 Å². The zero-order chi connectivity index (χ0) is 20.3. The van der Waals surface area contributed by atoms with Crippen molar-refractivity contribution in [3.05, 3.63) is 29.5 Å². The van der Waals surface area contributed by atoms with Crippen LogP contribution in [0, 0.1) is 6.92 Å². The molecule has 28 heavy (non-hydrogen) atoms. The van der Waals surface area contributed by atoms with Gasteiger partial charge in [0, 0.05) is 25.2 Å². The number of benzene rings is 1. The number of morpholine rings is 1. The molecular weight excluding hydrogens is 390 g/mol. The van der Waals surface area contributed by atoms with Crippen LogP contribution in [0.3, 0.4) is 0 Å². The first-order valence-electron chi connectivity index (χ1n) is 8.45. The predicted molar refractivity (Wildman–Crippen MR) is 98.3 cm³/mol. The molecule has 152 valence electrons. The van der Waals surface area contributed by atoms with Crippen LogP contribution in [0.4, 0.5) is 5.82 Å². The van der Waals surface area contributed by atoms with Gasteiger partial charge >= 0.3 is 0 Å². The molecule has 2 heterocycles. The number of rotatable bonds is 6. The first-order chi connectivity index (χ1) is 13.4. The standard InChI is InChI=1S/C17H21N3O7S/c1-11-8-15(19-27-11)18-17(21)13-9-12(10-14(24-2)16(13)25-3)28(22,23)20-4-6-26-7-5-20/h8-10H,4-7H2,1-3H3,(H,18,19,21). The number of nitrogens with zero attached hydrogens (tertiary/aromatic N) is 2. The molecule has 0 radical (unpaired) electrons. The Labute approximate surface area is 162 Å². The molecule has 1 fully saturated rings. The van der Waals surface area contributed by atoms with Crippen molar-refractivity contribution in [2.75, 3.05) is 45.8 Å². The Morgan fingerprint density at radius 3 is 2.46 bits per heavy atom. The Morgan fingerprint density at radius 1 is 1.18 bits per heavy atom. The van der Waals surface area contributed by atoms with Crippen molar-refractivity contribution in [1.82, 2.24) is 9.46 Å². The molecule has 1 amide bonds. The molecule has 1 aliphatic rings. The van der Waals surface area contributed by atoms with Crippen LogP contribution in [-0.4, -0.2) is 64.3 Å². The molecule has 10 nitrogen and oxygen atoms in total. The van der Waals surface area contributed by atoms with E-state index in [0.717, 1.165) is 0 Å². The minimum absolute atomic E-state index is 0.00524. The van der Waals surface area contributed by atoms with Crippen LogP contribution in [0.2, 0.25) is 0 Å². The fourth-order valence-corrected chi connectivity index (χ4v) is 4.25. The van der Waals surface area contributed by atoms with Gasteiger partial charge in [0.15, 0.2) is 17.3 Å². The Bertz CT molecular complexity index is 965.